The van der Waals surface area contributed by atoms with Crippen LogP contribution in [0, 0.1) is 0 Å². The van der Waals surface area contributed by atoms with E-state index in [4.69, 9.17) is 5.73 Å². The number of nitrogens with zero attached hydrogens (tertiary/aromatic N) is 3. The third kappa shape index (κ3) is 4.05. The van der Waals surface area contributed by atoms with Gasteiger partial charge in [-0.05, 0) is 35.7 Å². The highest BCUT2D eigenvalue weighted by Gasteiger charge is 2.01. The van der Waals surface area contributed by atoms with E-state index in [1.165, 1.54) is 5.56 Å². The van der Waals surface area contributed by atoms with Gasteiger partial charge in [-0.1, -0.05) is 26.0 Å². The van der Waals surface area contributed by atoms with Gasteiger partial charge in [-0.25, -0.2) is 4.99 Å². The summed E-state index contributed by atoms with van der Waals surface area (Å²) in [7, 11) is 0. The van der Waals surface area contributed by atoms with E-state index >= 15 is 0 Å². The minimum absolute atomic E-state index is 0.372. The Morgan fingerprint density at radius 2 is 2.15 bits per heavy atom. The molecule has 5 nitrogen and oxygen atoms in total. The van der Waals surface area contributed by atoms with Gasteiger partial charge in [0.25, 0.3) is 0 Å². The first-order chi connectivity index (χ1) is 9.65. The van der Waals surface area contributed by atoms with Gasteiger partial charge in [0, 0.05) is 11.9 Å². The number of aliphatic imine (C=N–C) groups is 1. The Balaban J connectivity index is 2.00. The van der Waals surface area contributed by atoms with Crippen molar-refractivity contribution in [1.82, 2.24) is 10.2 Å². The highest BCUT2D eigenvalue weighted by molar-refractivity contribution is 5.92. The van der Waals surface area contributed by atoms with Crippen LogP contribution in [-0.4, -0.2) is 16.2 Å². The lowest BCUT2D eigenvalue weighted by molar-refractivity contribution is 0.867. The summed E-state index contributed by atoms with van der Waals surface area (Å²) in [4.78, 5) is 4.25. The molecule has 0 bridgehead atoms. The standard InChI is InChI=1S/C15H19N5/c1-11(2)12-5-3-6-13(9-12)19-15(16)17-10-14-7-4-8-18-20-14/h3-9,11H,10H2,1-2H3,(H3,16,17,19). The fourth-order valence-corrected chi connectivity index (χ4v) is 1.75. The van der Waals surface area contributed by atoms with Crippen molar-refractivity contribution in [3.63, 3.8) is 0 Å². The van der Waals surface area contributed by atoms with Gasteiger partial charge in [0.15, 0.2) is 5.96 Å². The summed E-state index contributed by atoms with van der Waals surface area (Å²) in [6.45, 7) is 4.73. The van der Waals surface area contributed by atoms with E-state index in [1.54, 1.807) is 6.20 Å². The number of guanidine groups is 1. The van der Waals surface area contributed by atoms with Gasteiger partial charge < -0.3 is 11.1 Å². The third-order valence-electron chi connectivity index (χ3n) is 2.86. The Morgan fingerprint density at radius 1 is 1.30 bits per heavy atom. The van der Waals surface area contributed by atoms with Crippen molar-refractivity contribution in [2.45, 2.75) is 26.3 Å². The molecule has 0 saturated heterocycles. The fraction of sp³-hybridized carbons (Fsp3) is 0.267. The lowest BCUT2D eigenvalue weighted by atomic mass is 10.0. The first-order valence-corrected chi connectivity index (χ1v) is 6.58. The summed E-state index contributed by atoms with van der Waals surface area (Å²) in [6, 6.07) is 11.8. The third-order valence-corrected chi connectivity index (χ3v) is 2.86. The van der Waals surface area contributed by atoms with Crippen molar-refractivity contribution in [2.75, 3.05) is 5.32 Å². The van der Waals surface area contributed by atoms with Crippen molar-refractivity contribution >= 4 is 11.6 Å². The molecule has 0 fully saturated rings. The van der Waals surface area contributed by atoms with E-state index in [9.17, 15) is 0 Å². The van der Waals surface area contributed by atoms with Crippen LogP contribution in [0.5, 0.6) is 0 Å². The van der Waals surface area contributed by atoms with Crippen LogP contribution in [0.15, 0.2) is 47.6 Å². The first-order valence-electron chi connectivity index (χ1n) is 6.58. The second-order valence-corrected chi connectivity index (χ2v) is 4.82. The number of hydrogen-bond acceptors (Lipinski definition) is 3. The van der Waals surface area contributed by atoms with Crippen molar-refractivity contribution < 1.29 is 0 Å². The average Bonchev–Trinajstić information content (AvgIpc) is 2.46. The van der Waals surface area contributed by atoms with Crippen molar-refractivity contribution in [3.8, 4) is 0 Å². The molecule has 20 heavy (non-hydrogen) atoms. The molecule has 0 unspecified atom stereocenters. The summed E-state index contributed by atoms with van der Waals surface area (Å²) in [5, 5.41) is 10.8. The summed E-state index contributed by atoms with van der Waals surface area (Å²) in [5.74, 6) is 0.853. The number of rotatable bonds is 4. The van der Waals surface area contributed by atoms with E-state index in [0.29, 0.717) is 18.4 Å². The molecule has 104 valence electrons. The molecule has 1 heterocycles. The number of aromatic nitrogens is 2. The molecule has 0 amide bonds. The molecule has 0 spiro atoms. The van der Waals surface area contributed by atoms with E-state index in [-0.39, 0.29) is 0 Å². The Labute approximate surface area is 119 Å². The van der Waals surface area contributed by atoms with Gasteiger partial charge in [0.05, 0.1) is 12.2 Å². The van der Waals surface area contributed by atoms with Crippen molar-refractivity contribution in [1.29, 1.82) is 0 Å². The first kappa shape index (κ1) is 14.0. The predicted molar refractivity (Wildman–Crippen MR) is 81.5 cm³/mol. The van der Waals surface area contributed by atoms with Crippen LogP contribution in [0.2, 0.25) is 0 Å². The lowest BCUT2D eigenvalue weighted by Crippen LogP contribution is -2.22. The average molecular weight is 269 g/mol. The van der Waals surface area contributed by atoms with Gasteiger partial charge in [0.1, 0.15) is 0 Å². The molecule has 0 saturated carbocycles. The molecule has 2 aromatic rings. The predicted octanol–water partition coefficient (Wildman–Crippen LogP) is 2.53. The molecule has 1 aromatic carbocycles. The number of hydrogen-bond donors (Lipinski definition) is 2. The van der Waals surface area contributed by atoms with Crippen LogP contribution < -0.4 is 11.1 Å². The topological polar surface area (TPSA) is 76.2 Å². The molecule has 3 N–H and O–H groups in total. The number of nitrogens with one attached hydrogen (secondary N) is 1. The second-order valence-electron chi connectivity index (χ2n) is 4.82. The Hall–Kier alpha value is -2.43. The minimum Gasteiger partial charge on any atom is -0.370 e. The van der Waals surface area contributed by atoms with Crippen molar-refractivity contribution in [3.05, 3.63) is 53.9 Å². The second kappa shape index (κ2) is 6.65. The summed E-state index contributed by atoms with van der Waals surface area (Å²) in [6.07, 6.45) is 1.63. The van der Waals surface area contributed by atoms with Crippen molar-refractivity contribution in [2.24, 2.45) is 10.7 Å². The molecule has 0 aliphatic heterocycles. The molecule has 0 atom stereocenters. The van der Waals surface area contributed by atoms with Gasteiger partial charge in [-0.2, -0.15) is 10.2 Å². The minimum atomic E-state index is 0.372. The summed E-state index contributed by atoms with van der Waals surface area (Å²) in [5.41, 5.74) is 8.86. The number of benzene rings is 1. The smallest absolute Gasteiger partial charge is 0.193 e. The number of nitrogens with two attached hydrogens (primary N) is 1. The zero-order valence-corrected chi connectivity index (χ0v) is 11.7. The monoisotopic (exact) mass is 269 g/mol. The van der Waals surface area contributed by atoms with E-state index in [2.05, 4.69) is 46.5 Å². The molecule has 0 aliphatic carbocycles. The van der Waals surface area contributed by atoms with Crippen LogP contribution in [0.3, 0.4) is 0 Å². The van der Waals surface area contributed by atoms with Crippen LogP contribution >= 0.6 is 0 Å². The number of anilines is 1. The highest BCUT2D eigenvalue weighted by Crippen LogP contribution is 2.18. The lowest BCUT2D eigenvalue weighted by Gasteiger charge is -2.09. The SMILES string of the molecule is CC(C)c1cccc(NC(N)=NCc2cccnn2)c1. The molecular formula is C15H19N5. The van der Waals surface area contributed by atoms with Crippen LogP contribution in [0.1, 0.15) is 31.0 Å². The van der Waals surface area contributed by atoms with Gasteiger partial charge in [0.2, 0.25) is 0 Å². The summed E-state index contributed by atoms with van der Waals surface area (Å²) >= 11 is 0. The Morgan fingerprint density at radius 3 is 2.85 bits per heavy atom. The normalized spacial score (nSPS) is 11.7. The maximum absolute atomic E-state index is 5.87. The molecule has 0 aliphatic rings. The quantitative estimate of drug-likeness (QED) is 0.660. The zero-order chi connectivity index (χ0) is 14.4. The van der Waals surface area contributed by atoms with Crippen LogP contribution in [-0.2, 0) is 6.54 Å². The van der Waals surface area contributed by atoms with E-state index in [0.717, 1.165) is 11.4 Å². The molecule has 5 heteroatoms. The highest BCUT2D eigenvalue weighted by atomic mass is 15.1. The van der Waals surface area contributed by atoms with Crippen LogP contribution in [0.25, 0.3) is 0 Å². The molecule has 1 aromatic heterocycles. The van der Waals surface area contributed by atoms with E-state index in [1.807, 2.05) is 24.3 Å². The van der Waals surface area contributed by atoms with Gasteiger partial charge in [-0.3, -0.25) is 0 Å². The fourth-order valence-electron chi connectivity index (χ4n) is 1.75. The molecule has 2 rings (SSSR count). The Bertz CT molecular complexity index is 578. The Kier molecular flexibility index (Phi) is 4.65. The largest absolute Gasteiger partial charge is 0.370 e. The maximum Gasteiger partial charge on any atom is 0.193 e. The molecule has 0 radical (unpaired) electrons. The maximum atomic E-state index is 5.87. The zero-order valence-electron chi connectivity index (χ0n) is 11.7. The summed E-state index contributed by atoms with van der Waals surface area (Å²) < 4.78 is 0. The molecular weight excluding hydrogens is 250 g/mol. The van der Waals surface area contributed by atoms with Gasteiger partial charge in [-0.15, -0.1) is 0 Å². The van der Waals surface area contributed by atoms with Gasteiger partial charge >= 0.3 is 0 Å². The van der Waals surface area contributed by atoms with Crippen LogP contribution in [0.4, 0.5) is 5.69 Å². The van der Waals surface area contributed by atoms with E-state index < -0.39 is 0 Å².